The number of nitrogens with one attached hydrogen (secondary N) is 1. The van der Waals surface area contributed by atoms with E-state index in [1.165, 1.54) is 23.0 Å². The Bertz CT molecular complexity index is 764. The second-order valence-electron chi connectivity index (χ2n) is 6.05. The highest BCUT2D eigenvalue weighted by Gasteiger charge is 2.16. The summed E-state index contributed by atoms with van der Waals surface area (Å²) in [4.78, 5) is 11.5. The predicted octanol–water partition coefficient (Wildman–Crippen LogP) is 3.83. The van der Waals surface area contributed by atoms with Crippen LogP contribution >= 0.6 is 11.6 Å². The highest BCUT2D eigenvalue weighted by Crippen LogP contribution is 2.22. The lowest BCUT2D eigenvalue weighted by atomic mass is 10.2. The molecule has 0 aliphatic carbocycles. The van der Waals surface area contributed by atoms with E-state index in [-0.39, 0.29) is 5.82 Å². The Morgan fingerprint density at radius 3 is 2.58 bits per heavy atom. The van der Waals surface area contributed by atoms with E-state index in [0.29, 0.717) is 22.1 Å². The number of carbonyl (C=O) groups is 1. The third-order valence-electron chi connectivity index (χ3n) is 2.87. The Kier molecular flexibility index (Phi) is 5.23. The molecule has 0 unspecified atom stereocenters. The van der Waals surface area contributed by atoms with Crippen LogP contribution in [0.15, 0.2) is 29.4 Å². The van der Waals surface area contributed by atoms with Crippen LogP contribution in [0.4, 0.5) is 9.18 Å². The standard InChI is InChI=1S/C16H18ClFN4O2/c1-10-13(9-19-20-15(23)24-16(2,3)4)14(17)22(21-10)12-7-5-11(18)6-8-12/h5-9H,1-4H3,(H,20,23)/b19-9-. The molecule has 0 atom stereocenters. The number of nitrogens with zero attached hydrogens (tertiary/aromatic N) is 3. The van der Waals surface area contributed by atoms with E-state index >= 15 is 0 Å². The molecule has 0 fully saturated rings. The van der Waals surface area contributed by atoms with Crippen LogP contribution in [0.3, 0.4) is 0 Å². The van der Waals surface area contributed by atoms with Crippen LogP contribution in [-0.2, 0) is 4.74 Å². The summed E-state index contributed by atoms with van der Waals surface area (Å²) in [6, 6.07) is 5.77. The molecule has 6 nitrogen and oxygen atoms in total. The summed E-state index contributed by atoms with van der Waals surface area (Å²) in [5.74, 6) is -0.345. The lowest BCUT2D eigenvalue weighted by molar-refractivity contribution is 0.0529. The summed E-state index contributed by atoms with van der Waals surface area (Å²) in [6.07, 6.45) is 0.715. The summed E-state index contributed by atoms with van der Waals surface area (Å²) >= 11 is 6.30. The summed E-state index contributed by atoms with van der Waals surface area (Å²) in [6.45, 7) is 7.01. The number of hydrazone groups is 1. The minimum absolute atomic E-state index is 0.300. The topological polar surface area (TPSA) is 68.5 Å². The molecule has 0 bridgehead atoms. The van der Waals surface area contributed by atoms with E-state index < -0.39 is 11.7 Å². The van der Waals surface area contributed by atoms with Crippen LogP contribution < -0.4 is 5.43 Å². The molecule has 0 aliphatic heterocycles. The Hall–Kier alpha value is -2.41. The van der Waals surface area contributed by atoms with Crippen molar-refractivity contribution in [3.05, 3.63) is 46.5 Å². The average molecular weight is 353 g/mol. The van der Waals surface area contributed by atoms with Crippen LogP contribution in [0.2, 0.25) is 5.15 Å². The number of carbonyl (C=O) groups excluding carboxylic acids is 1. The molecule has 24 heavy (non-hydrogen) atoms. The van der Waals surface area contributed by atoms with Gasteiger partial charge in [0, 0.05) is 0 Å². The third-order valence-corrected chi connectivity index (χ3v) is 3.23. The minimum atomic E-state index is -0.668. The number of aromatic nitrogens is 2. The number of hydrogen-bond donors (Lipinski definition) is 1. The van der Waals surface area contributed by atoms with Gasteiger partial charge in [-0.25, -0.2) is 19.3 Å². The van der Waals surface area contributed by atoms with E-state index in [1.54, 1.807) is 39.8 Å². The van der Waals surface area contributed by atoms with Gasteiger partial charge in [-0.15, -0.1) is 0 Å². The zero-order chi connectivity index (χ0) is 17.9. The molecule has 8 heteroatoms. The second kappa shape index (κ2) is 7.00. The minimum Gasteiger partial charge on any atom is -0.443 e. The van der Waals surface area contributed by atoms with Gasteiger partial charge in [0.1, 0.15) is 16.6 Å². The first-order chi connectivity index (χ1) is 11.2. The van der Waals surface area contributed by atoms with Gasteiger partial charge in [0.15, 0.2) is 0 Å². The number of rotatable bonds is 3. The molecule has 1 aromatic heterocycles. The maximum Gasteiger partial charge on any atom is 0.428 e. The molecule has 0 saturated heterocycles. The molecule has 1 heterocycles. The fourth-order valence-electron chi connectivity index (χ4n) is 1.86. The van der Waals surface area contributed by atoms with Crippen LogP contribution in [0.1, 0.15) is 32.0 Å². The number of hydrogen-bond acceptors (Lipinski definition) is 4. The van der Waals surface area contributed by atoms with Crippen molar-refractivity contribution in [3.63, 3.8) is 0 Å². The van der Waals surface area contributed by atoms with Gasteiger partial charge < -0.3 is 4.74 Å². The molecule has 2 rings (SSSR count). The average Bonchev–Trinajstić information content (AvgIpc) is 2.74. The van der Waals surface area contributed by atoms with Gasteiger partial charge in [-0.05, 0) is 52.0 Å². The number of halogens is 2. The summed E-state index contributed by atoms with van der Waals surface area (Å²) in [7, 11) is 0. The Balaban J connectivity index is 2.16. The third kappa shape index (κ3) is 4.55. The first kappa shape index (κ1) is 17.9. The number of aryl methyl sites for hydroxylation is 1. The zero-order valence-electron chi connectivity index (χ0n) is 13.8. The van der Waals surface area contributed by atoms with Gasteiger partial charge in [0.25, 0.3) is 0 Å². The Morgan fingerprint density at radius 1 is 1.38 bits per heavy atom. The normalized spacial score (nSPS) is 11.8. The summed E-state index contributed by atoms with van der Waals surface area (Å²) in [5, 5.41) is 8.42. The van der Waals surface area contributed by atoms with Crippen molar-refractivity contribution in [2.75, 3.05) is 0 Å². The molecule has 128 valence electrons. The van der Waals surface area contributed by atoms with Crippen molar-refractivity contribution in [1.82, 2.24) is 15.2 Å². The smallest absolute Gasteiger partial charge is 0.428 e. The van der Waals surface area contributed by atoms with Crippen LogP contribution in [0.5, 0.6) is 0 Å². The summed E-state index contributed by atoms with van der Waals surface area (Å²) in [5.41, 5.74) is 3.42. The molecule has 1 aromatic carbocycles. The maximum atomic E-state index is 13.0. The van der Waals surface area contributed by atoms with Crippen molar-refractivity contribution in [2.45, 2.75) is 33.3 Å². The van der Waals surface area contributed by atoms with E-state index in [1.807, 2.05) is 0 Å². The maximum absolute atomic E-state index is 13.0. The van der Waals surface area contributed by atoms with Gasteiger partial charge in [-0.2, -0.15) is 10.2 Å². The van der Waals surface area contributed by atoms with E-state index in [0.717, 1.165) is 0 Å². The van der Waals surface area contributed by atoms with Crippen molar-refractivity contribution in [1.29, 1.82) is 0 Å². The van der Waals surface area contributed by atoms with Crippen molar-refractivity contribution >= 4 is 23.9 Å². The number of benzene rings is 1. The Labute approximate surface area is 144 Å². The molecular formula is C16H18ClFN4O2. The fourth-order valence-corrected chi connectivity index (χ4v) is 2.18. The molecule has 0 aliphatic rings. The highest BCUT2D eigenvalue weighted by atomic mass is 35.5. The largest absolute Gasteiger partial charge is 0.443 e. The predicted molar refractivity (Wildman–Crippen MR) is 90.2 cm³/mol. The van der Waals surface area contributed by atoms with Gasteiger partial charge in [0.05, 0.1) is 23.2 Å². The molecule has 0 spiro atoms. The van der Waals surface area contributed by atoms with Gasteiger partial charge in [-0.1, -0.05) is 11.6 Å². The van der Waals surface area contributed by atoms with E-state index in [4.69, 9.17) is 16.3 Å². The van der Waals surface area contributed by atoms with Crippen molar-refractivity contribution in [3.8, 4) is 5.69 Å². The molecular weight excluding hydrogens is 335 g/mol. The molecule has 0 radical (unpaired) electrons. The van der Waals surface area contributed by atoms with Gasteiger partial charge >= 0.3 is 6.09 Å². The Morgan fingerprint density at radius 2 is 2.00 bits per heavy atom. The molecule has 2 aromatic rings. The number of amides is 1. The van der Waals surface area contributed by atoms with Crippen LogP contribution in [-0.4, -0.2) is 27.7 Å². The molecule has 1 N–H and O–H groups in total. The van der Waals surface area contributed by atoms with Gasteiger partial charge in [-0.3, -0.25) is 0 Å². The van der Waals surface area contributed by atoms with Crippen molar-refractivity contribution < 1.29 is 13.9 Å². The van der Waals surface area contributed by atoms with E-state index in [9.17, 15) is 9.18 Å². The first-order valence-electron chi connectivity index (χ1n) is 7.20. The summed E-state index contributed by atoms with van der Waals surface area (Å²) < 4.78 is 19.5. The quantitative estimate of drug-likeness (QED) is 0.674. The van der Waals surface area contributed by atoms with Gasteiger partial charge in [0.2, 0.25) is 0 Å². The fraction of sp³-hybridized carbons (Fsp3) is 0.312. The van der Waals surface area contributed by atoms with Crippen LogP contribution in [0, 0.1) is 12.7 Å². The second-order valence-corrected chi connectivity index (χ2v) is 6.41. The SMILES string of the molecule is Cc1nn(-c2ccc(F)cc2)c(Cl)c1/C=N\NC(=O)OC(C)(C)C. The monoisotopic (exact) mass is 352 g/mol. The molecule has 1 amide bonds. The number of ether oxygens (including phenoxy) is 1. The zero-order valence-corrected chi connectivity index (χ0v) is 14.6. The lowest BCUT2D eigenvalue weighted by Crippen LogP contribution is -2.29. The highest BCUT2D eigenvalue weighted by molar-refractivity contribution is 6.32. The first-order valence-corrected chi connectivity index (χ1v) is 7.58. The molecule has 0 saturated carbocycles. The van der Waals surface area contributed by atoms with E-state index in [2.05, 4.69) is 15.6 Å². The lowest BCUT2D eigenvalue weighted by Gasteiger charge is -2.18. The van der Waals surface area contributed by atoms with Crippen LogP contribution in [0.25, 0.3) is 5.69 Å². The van der Waals surface area contributed by atoms with Crippen molar-refractivity contribution in [2.24, 2.45) is 5.10 Å².